The van der Waals surface area contributed by atoms with E-state index in [1.807, 2.05) is 45.0 Å². The fourth-order valence-corrected chi connectivity index (χ4v) is 4.26. The molecule has 7 nitrogen and oxygen atoms in total. The van der Waals surface area contributed by atoms with Gasteiger partial charge in [0.25, 0.3) is 0 Å². The van der Waals surface area contributed by atoms with E-state index in [-0.39, 0.29) is 29.3 Å². The number of nitrogens with two attached hydrogens (primary N) is 1. The number of para-hydroxylation sites is 1. The van der Waals surface area contributed by atoms with Crippen molar-refractivity contribution in [3.63, 3.8) is 0 Å². The Balaban J connectivity index is 2.14. The van der Waals surface area contributed by atoms with Crippen LogP contribution in [0.5, 0.6) is 5.88 Å². The van der Waals surface area contributed by atoms with Gasteiger partial charge in [0.2, 0.25) is 17.7 Å². The number of aryl methyl sites for hydroxylation is 1. The van der Waals surface area contributed by atoms with Crippen LogP contribution < -0.4 is 15.4 Å². The maximum Gasteiger partial charge on any atom is 0.248 e. The van der Waals surface area contributed by atoms with Gasteiger partial charge in [-0.2, -0.15) is 5.26 Å². The van der Waals surface area contributed by atoms with Crippen molar-refractivity contribution in [2.24, 2.45) is 5.73 Å². The molecule has 7 heteroatoms. The minimum absolute atomic E-state index is 0.0756. The van der Waals surface area contributed by atoms with Gasteiger partial charge < -0.3 is 15.4 Å². The molecule has 2 aliphatic heterocycles. The lowest BCUT2D eigenvalue weighted by Crippen LogP contribution is -2.48. The number of hydrogen-bond donors (Lipinski definition) is 2. The van der Waals surface area contributed by atoms with Gasteiger partial charge in [-0.1, -0.05) is 31.5 Å². The molecule has 1 amide bonds. The summed E-state index contributed by atoms with van der Waals surface area (Å²) < 4.78 is 5.63. The minimum Gasteiger partial charge on any atom is -0.420 e. The highest BCUT2D eigenvalue weighted by atomic mass is 16.5. The largest absolute Gasteiger partial charge is 0.420 e. The van der Waals surface area contributed by atoms with Gasteiger partial charge in [-0.3, -0.25) is 9.89 Å². The van der Waals surface area contributed by atoms with E-state index < -0.39 is 5.41 Å². The molecule has 1 aromatic carbocycles. The van der Waals surface area contributed by atoms with Crippen LogP contribution in [0, 0.1) is 11.3 Å². The zero-order chi connectivity index (χ0) is 19.3. The number of carbonyl (C=O) groups is 1. The molecule has 0 unspecified atom stereocenters. The van der Waals surface area contributed by atoms with Gasteiger partial charge in [0.1, 0.15) is 17.1 Å². The van der Waals surface area contributed by atoms with Gasteiger partial charge in [-0.05, 0) is 26.3 Å². The summed E-state index contributed by atoms with van der Waals surface area (Å²) in [7, 11) is 0. The van der Waals surface area contributed by atoms with E-state index in [0.29, 0.717) is 12.0 Å². The van der Waals surface area contributed by atoms with E-state index in [9.17, 15) is 10.1 Å². The maximum absolute atomic E-state index is 13.9. The number of aromatic amines is 1. The van der Waals surface area contributed by atoms with Crippen LogP contribution in [0.3, 0.4) is 0 Å². The van der Waals surface area contributed by atoms with E-state index in [4.69, 9.17) is 10.5 Å². The monoisotopic (exact) mass is 363 g/mol. The predicted octanol–water partition coefficient (Wildman–Crippen LogP) is 2.49. The number of amides is 1. The van der Waals surface area contributed by atoms with Gasteiger partial charge in [0, 0.05) is 23.0 Å². The fourth-order valence-electron chi connectivity index (χ4n) is 4.26. The Morgan fingerprint density at radius 3 is 2.81 bits per heavy atom. The Hall–Kier alpha value is -3.27. The molecule has 138 valence electrons. The third-order valence-corrected chi connectivity index (χ3v) is 5.25. The lowest BCUT2D eigenvalue weighted by atomic mass is 9.68. The molecule has 1 aromatic heterocycles. The molecule has 27 heavy (non-hydrogen) atoms. The van der Waals surface area contributed by atoms with Gasteiger partial charge in [-0.15, -0.1) is 5.10 Å². The van der Waals surface area contributed by atoms with Crippen LogP contribution in [0.15, 0.2) is 35.7 Å². The second-order valence-electron chi connectivity index (χ2n) is 7.12. The molecule has 2 aliphatic rings. The Bertz CT molecular complexity index is 1010. The van der Waals surface area contributed by atoms with Crippen molar-refractivity contribution in [1.82, 2.24) is 10.2 Å². The fraction of sp³-hybridized carbons (Fsp3) is 0.350. The molecule has 3 heterocycles. The number of aromatic nitrogens is 2. The summed E-state index contributed by atoms with van der Waals surface area (Å²) in [5.41, 5.74) is 7.81. The summed E-state index contributed by atoms with van der Waals surface area (Å²) in [5, 5.41) is 17.2. The van der Waals surface area contributed by atoms with E-state index in [2.05, 4.69) is 16.3 Å². The standard InChI is InChI=1S/C20H21N5O2/c1-4-7-14-16-18(24-23-14)27-17(22)13(10-21)20(16)12-8-5-6-9-15(12)25(11(2)3)19(20)26/h5-6,8-9,11H,4,7,22H2,1-3H3,(H,23,24)/t20-/m1/s1. The molecule has 0 fully saturated rings. The normalized spacial score (nSPS) is 20.7. The van der Waals surface area contributed by atoms with Crippen molar-refractivity contribution in [1.29, 1.82) is 5.26 Å². The first kappa shape index (κ1) is 17.2. The molecular formula is C20H21N5O2. The summed E-state index contributed by atoms with van der Waals surface area (Å²) in [6, 6.07) is 9.64. The first-order valence-electron chi connectivity index (χ1n) is 9.07. The van der Waals surface area contributed by atoms with Crippen molar-refractivity contribution in [3.8, 4) is 11.9 Å². The minimum atomic E-state index is -1.33. The average molecular weight is 363 g/mol. The number of H-pyrrole nitrogens is 1. The van der Waals surface area contributed by atoms with E-state index in [1.54, 1.807) is 4.90 Å². The SMILES string of the molecule is CCCc1[nH]nc2c1[C@]1(C(=O)N(C(C)C)c3ccccc31)C(C#N)=C(N)O2. The van der Waals surface area contributed by atoms with Crippen molar-refractivity contribution in [2.75, 3.05) is 4.90 Å². The number of benzene rings is 1. The second-order valence-corrected chi connectivity index (χ2v) is 7.12. The van der Waals surface area contributed by atoms with Crippen molar-refractivity contribution >= 4 is 11.6 Å². The molecule has 1 atom stereocenters. The van der Waals surface area contributed by atoms with Gasteiger partial charge >= 0.3 is 0 Å². The number of nitrogens with zero attached hydrogens (tertiary/aromatic N) is 3. The Morgan fingerprint density at radius 1 is 1.41 bits per heavy atom. The van der Waals surface area contributed by atoms with Crippen LogP contribution in [-0.2, 0) is 16.6 Å². The highest BCUT2D eigenvalue weighted by molar-refractivity contribution is 6.14. The molecule has 3 N–H and O–H groups in total. The van der Waals surface area contributed by atoms with Gasteiger partial charge in [-0.25, -0.2) is 0 Å². The van der Waals surface area contributed by atoms with Crippen LogP contribution in [0.25, 0.3) is 0 Å². The quantitative estimate of drug-likeness (QED) is 0.871. The lowest BCUT2D eigenvalue weighted by molar-refractivity contribution is -0.121. The number of rotatable bonds is 3. The average Bonchev–Trinajstić information content (AvgIpc) is 3.14. The van der Waals surface area contributed by atoms with E-state index in [0.717, 1.165) is 23.4 Å². The highest BCUT2D eigenvalue weighted by Gasteiger charge is 2.61. The first-order chi connectivity index (χ1) is 13.0. The van der Waals surface area contributed by atoms with Crippen LogP contribution >= 0.6 is 0 Å². The molecular weight excluding hydrogens is 342 g/mol. The zero-order valence-electron chi connectivity index (χ0n) is 15.5. The van der Waals surface area contributed by atoms with E-state index in [1.165, 1.54) is 0 Å². The summed E-state index contributed by atoms with van der Waals surface area (Å²) >= 11 is 0. The first-order valence-corrected chi connectivity index (χ1v) is 9.07. The summed E-state index contributed by atoms with van der Waals surface area (Å²) in [4.78, 5) is 15.6. The van der Waals surface area contributed by atoms with Crippen molar-refractivity contribution < 1.29 is 9.53 Å². The highest BCUT2D eigenvalue weighted by Crippen LogP contribution is 2.56. The second kappa shape index (κ2) is 5.88. The number of carbonyl (C=O) groups excluding carboxylic acids is 1. The lowest BCUT2D eigenvalue weighted by Gasteiger charge is -2.33. The molecule has 0 saturated carbocycles. The number of anilines is 1. The van der Waals surface area contributed by atoms with Crippen LogP contribution in [0.1, 0.15) is 44.0 Å². The molecule has 2 aromatic rings. The number of hydrogen-bond acceptors (Lipinski definition) is 5. The van der Waals surface area contributed by atoms with Crippen LogP contribution in [0.4, 0.5) is 5.69 Å². The van der Waals surface area contributed by atoms with Gasteiger partial charge in [0.15, 0.2) is 0 Å². The number of nitrogens with one attached hydrogen (secondary N) is 1. The molecule has 0 radical (unpaired) electrons. The summed E-state index contributed by atoms with van der Waals surface area (Å²) in [6.45, 7) is 5.95. The molecule has 1 spiro atoms. The molecule has 0 saturated heterocycles. The number of ether oxygens (including phenoxy) is 1. The van der Waals surface area contributed by atoms with Crippen molar-refractivity contribution in [2.45, 2.75) is 45.1 Å². The molecule has 0 aliphatic carbocycles. The number of fused-ring (bicyclic) bond motifs is 4. The summed E-state index contributed by atoms with van der Waals surface area (Å²) in [5.74, 6) is -0.00137. The van der Waals surface area contributed by atoms with Crippen LogP contribution in [0.2, 0.25) is 0 Å². The Kier molecular flexibility index (Phi) is 3.74. The van der Waals surface area contributed by atoms with E-state index >= 15 is 0 Å². The third kappa shape index (κ3) is 2.01. The smallest absolute Gasteiger partial charge is 0.248 e. The van der Waals surface area contributed by atoms with Crippen LogP contribution in [-0.4, -0.2) is 22.1 Å². The predicted molar refractivity (Wildman–Crippen MR) is 99.9 cm³/mol. The van der Waals surface area contributed by atoms with Gasteiger partial charge in [0.05, 0.1) is 5.56 Å². The zero-order valence-corrected chi connectivity index (χ0v) is 15.5. The number of nitriles is 1. The Morgan fingerprint density at radius 2 is 2.15 bits per heavy atom. The topological polar surface area (TPSA) is 108 Å². The van der Waals surface area contributed by atoms with Crippen molar-refractivity contribution in [3.05, 3.63) is 52.5 Å². The third-order valence-electron chi connectivity index (χ3n) is 5.25. The molecule has 4 rings (SSSR count). The molecule has 0 bridgehead atoms. The Labute approximate surface area is 157 Å². The maximum atomic E-state index is 13.9. The summed E-state index contributed by atoms with van der Waals surface area (Å²) in [6.07, 6.45) is 1.54.